The maximum absolute atomic E-state index is 11.9. The zero-order chi connectivity index (χ0) is 14.3. The smallest absolute Gasteiger partial charge is 0.314 e. The van der Waals surface area contributed by atoms with Crippen molar-refractivity contribution in [2.24, 2.45) is 0 Å². The van der Waals surface area contributed by atoms with Crippen molar-refractivity contribution in [3.63, 3.8) is 0 Å². The molecule has 1 aliphatic carbocycles. The minimum absolute atomic E-state index is 0.138. The summed E-state index contributed by atoms with van der Waals surface area (Å²) in [5.41, 5.74) is 0.776. The Hall–Kier alpha value is -1.42. The molecule has 0 saturated heterocycles. The standard InChI is InChI=1S/C15H17ClO4/c1-9-10(7-11(16)13-12(9)19-8-20-13)15(14(17)18)5-3-2-4-6-15/h7H,2-6,8H2,1H3,(H,17,18). The number of halogens is 1. The summed E-state index contributed by atoms with van der Waals surface area (Å²) in [6.45, 7) is 2.03. The number of ether oxygens (including phenoxy) is 2. The summed E-state index contributed by atoms with van der Waals surface area (Å²) in [5, 5.41) is 10.2. The van der Waals surface area contributed by atoms with Crippen LogP contribution in [0.4, 0.5) is 0 Å². The van der Waals surface area contributed by atoms with Gasteiger partial charge in [-0.2, -0.15) is 0 Å². The van der Waals surface area contributed by atoms with E-state index in [0.29, 0.717) is 29.4 Å². The van der Waals surface area contributed by atoms with Gasteiger partial charge < -0.3 is 14.6 Å². The van der Waals surface area contributed by atoms with Crippen LogP contribution in [-0.4, -0.2) is 17.9 Å². The first-order chi connectivity index (χ1) is 9.56. The minimum atomic E-state index is -0.840. The molecule has 0 atom stereocenters. The molecule has 1 aromatic carbocycles. The summed E-state index contributed by atoms with van der Waals surface area (Å²) in [4.78, 5) is 11.9. The Morgan fingerprint density at radius 1 is 1.25 bits per heavy atom. The zero-order valence-corrected chi connectivity index (χ0v) is 12.1. The van der Waals surface area contributed by atoms with Crippen molar-refractivity contribution in [1.29, 1.82) is 0 Å². The predicted octanol–water partition coefficient (Wildman–Crippen LogP) is 3.66. The van der Waals surface area contributed by atoms with Gasteiger partial charge in [0.1, 0.15) is 0 Å². The number of carboxylic acid groups (broad SMARTS) is 1. The average Bonchev–Trinajstić information content (AvgIpc) is 2.93. The third-order valence-electron chi connectivity index (χ3n) is 4.48. The van der Waals surface area contributed by atoms with Crippen LogP contribution in [0.5, 0.6) is 11.5 Å². The fraction of sp³-hybridized carbons (Fsp3) is 0.533. The van der Waals surface area contributed by atoms with E-state index in [1.807, 2.05) is 6.92 Å². The van der Waals surface area contributed by atoms with Crippen LogP contribution in [0.25, 0.3) is 0 Å². The fourth-order valence-corrected chi connectivity index (χ4v) is 3.66. The van der Waals surface area contributed by atoms with E-state index in [2.05, 4.69) is 0 Å². The van der Waals surface area contributed by atoms with Gasteiger partial charge in [-0.15, -0.1) is 0 Å². The van der Waals surface area contributed by atoms with E-state index in [-0.39, 0.29) is 6.79 Å². The first kappa shape index (κ1) is 13.6. The molecule has 3 rings (SSSR count). The van der Waals surface area contributed by atoms with Gasteiger partial charge in [0, 0.05) is 0 Å². The molecule has 1 N–H and O–H groups in total. The summed E-state index contributed by atoms with van der Waals surface area (Å²) in [6.07, 6.45) is 4.25. The monoisotopic (exact) mass is 296 g/mol. The third kappa shape index (κ3) is 1.85. The molecule has 0 radical (unpaired) electrons. The van der Waals surface area contributed by atoms with Crippen LogP contribution < -0.4 is 9.47 Å². The van der Waals surface area contributed by atoms with Crippen LogP contribution in [0.3, 0.4) is 0 Å². The van der Waals surface area contributed by atoms with Crippen molar-refractivity contribution < 1.29 is 19.4 Å². The normalized spacial score (nSPS) is 19.9. The van der Waals surface area contributed by atoms with E-state index < -0.39 is 11.4 Å². The third-order valence-corrected chi connectivity index (χ3v) is 4.76. The molecule has 2 aliphatic rings. The fourth-order valence-electron chi connectivity index (χ4n) is 3.41. The number of aliphatic carboxylic acids is 1. The van der Waals surface area contributed by atoms with Crippen LogP contribution in [0, 0.1) is 6.92 Å². The Morgan fingerprint density at radius 3 is 2.55 bits per heavy atom. The van der Waals surface area contributed by atoms with E-state index in [1.165, 1.54) is 0 Å². The number of carboxylic acids is 1. The molecule has 5 heteroatoms. The van der Waals surface area contributed by atoms with Crippen molar-refractivity contribution >= 4 is 17.6 Å². The molecule has 0 unspecified atom stereocenters. The number of hydrogen-bond donors (Lipinski definition) is 1. The van der Waals surface area contributed by atoms with E-state index in [9.17, 15) is 9.90 Å². The highest BCUT2D eigenvalue weighted by Crippen LogP contribution is 2.49. The lowest BCUT2D eigenvalue weighted by molar-refractivity contribution is -0.145. The number of hydrogen-bond acceptors (Lipinski definition) is 3. The van der Waals surface area contributed by atoms with Crippen molar-refractivity contribution in [1.82, 2.24) is 0 Å². The minimum Gasteiger partial charge on any atom is -0.481 e. The van der Waals surface area contributed by atoms with Gasteiger partial charge in [0.25, 0.3) is 0 Å². The average molecular weight is 297 g/mol. The second kappa shape index (κ2) is 4.85. The van der Waals surface area contributed by atoms with Crippen molar-refractivity contribution in [2.45, 2.75) is 44.4 Å². The summed E-state index contributed by atoms with van der Waals surface area (Å²) >= 11 is 6.23. The molecule has 4 nitrogen and oxygen atoms in total. The van der Waals surface area contributed by atoms with Gasteiger partial charge >= 0.3 is 5.97 Å². The Bertz CT molecular complexity index is 561. The highest BCUT2D eigenvalue weighted by molar-refractivity contribution is 6.32. The molecular weight excluding hydrogens is 280 g/mol. The number of rotatable bonds is 2. The second-order valence-corrected chi connectivity index (χ2v) is 5.95. The highest BCUT2D eigenvalue weighted by Gasteiger charge is 2.44. The molecule has 0 spiro atoms. The van der Waals surface area contributed by atoms with Crippen LogP contribution >= 0.6 is 11.6 Å². The Labute approximate surface area is 122 Å². The van der Waals surface area contributed by atoms with E-state index >= 15 is 0 Å². The number of benzene rings is 1. The quantitative estimate of drug-likeness (QED) is 0.905. The molecule has 1 aromatic rings. The lowest BCUT2D eigenvalue weighted by Gasteiger charge is -2.35. The largest absolute Gasteiger partial charge is 0.481 e. The summed E-state index contributed by atoms with van der Waals surface area (Å²) in [5.74, 6) is 0.359. The topological polar surface area (TPSA) is 55.8 Å². The van der Waals surface area contributed by atoms with Crippen molar-refractivity contribution in [2.75, 3.05) is 6.79 Å². The van der Waals surface area contributed by atoms with Crippen molar-refractivity contribution in [3.05, 3.63) is 22.2 Å². The lowest BCUT2D eigenvalue weighted by atomic mass is 9.68. The van der Waals surface area contributed by atoms with Gasteiger partial charge in [0.15, 0.2) is 11.5 Å². The molecule has 1 saturated carbocycles. The summed E-state index contributed by atoms with van der Waals surface area (Å²) in [6, 6.07) is 1.75. The summed E-state index contributed by atoms with van der Waals surface area (Å²) < 4.78 is 10.8. The Morgan fingerprint density at radius 2 is 1.90 bits per heavy atom. The zero-order valence-electron chi connectivity index (χ0n) is 11.4. The molecule has 1 fully saturated rings. The predicted molar refractivity (Wildman–Crippen MR) is 74.7 cm³/mol. The number of fused-ring (bicyclic) bond motifs is 1. The molecular formula is C15H17ClO4. The molecule has 1 heterocycles. The highest BCUT2D eigenvalue weighted by atomic mass is 35.5. The van der Waals surface area contributed by atoms with E-state index in [1.54, 1.807) is 6.07 Å². The first-order valence-electron chi connectivity index (χ1n) is 6.89. The number of carbonyl (C=O) groups is 1. The lowest BCUT2D eigenvalue weighted by Crippen LogP contribution is -2.38. The molecule has 20 heavy (non-hydrogen) atoms. The van der Waals surface area contributed by atoms with Gasteiger partial charge in [0.2, 0.25) is 6.79 Å². The molecule has 0 aromatic heterocycles. The van der Waals surface area contributed by atoms with Gasteiger partial charge in [0.05, 0.1) is 10.4 Å². The van der Waals surface area contributed by atoms with E-state index in [0.717, 1.165) is 30.4 Å². The molecule has 0 bridgehead atoms. The molecule has 0 amide bonds. The van der Waals surface area contributed by atoms with Gasteiger partial charge in [-0.25, -0.2) is 0 Å². The Balaban J connectivity index is 2.17. The Kier molecular flexibility index (Phi) is 3.28. The first-order valence-corrected chi connectivity index (χ1v) is 7.26. The molecule has 108 valence electrons. The second-order valence-electron chi connectivity index (χ2n) is 5.54. The van der Waals surface area contributed by atoms with Gasteiger partial charge in [-0.05, 0) is 37.0 Å². The SMILES string of the molecule is Cc1c(C2(C(=O)O)CCCCC2)cc(Cl)c2c1OCO2. The van der Waals surface area contributed by atoms with Crippen LogP contribution in [0.2, 0.25) is 5.02 Å². The van der Waals surface area contributed by atoms with E-state index in [4.69, 9.17) is 21.1 Å². The maximum Gasteiger partial charge on any atom is 0.314 e. The van der Waals surface area contributed by atoms with Crippen LogP contribution in [0.1, 0.15) is 43.2 Å². The summed E-state index contributed by atoms with van der Waals surface area (Å²) in [7, 11) is 0. The van der Waals surface area contributed by atoms with Crippen LogP contribution in [0.15, 0.2) is 6.07 Å². The maximum atomic E-state index is 11.9. The van der Waals surface area contributed by atoms with Gasteiger partial charge in [-0.1, -0.05) is 30.9 Å². The van der Waals surface area contributed by atoms with Crippen molar-refractivity contribution in [3.8, 4) is 11.5 Å². The molecule has 1 aliphatic heterocycles. The van der Waals surface area contributed by atoms with Gasteiger partial charge in [-0.3, -0.25) is 4.79 Å². The van der Waals surface area contributed by atoms with Crippen LogP contribution in [-0.2, 0) is 10.2 Å².